The van der Waals surface area contributed by atoms with E-state index in [0.717, 1.165) is 36.9 Å². The Morgan fingerprint density at radius 2 is 1.96 bits per heavy atom. The molecule has 0 saturated carbocycles. The maximum absolute atomic E-state index is 5.45. The second-order valence-electron chi connectivity index (χ2n) is 7.31. The van der Waals surface area contributed by atoms with Crippen molar-refractivity contribution in [3.05, 3.63) is 29.8 Å². The number of methoxy groups -OCH3 is 1. The Balaban J connectivity index is 1.80. The predicted octanol–water partition coefficient (Wildman–Crippen LogP) is 1.59. The van der Waals surface area contributed by atoms with Crippen molar-refractivity contribution in [1.82, 2.24) is 20.0 Å². The van der Waals surface area contributed by atoms with E-state index >= 15 is 0 Å². The summed E-state index contributed by atoms with van der Waals surface area (Å²) in [5.74, 6) is 2.41. The molecule has 0 spiro atoms. The zero-order chi connectivity index (χ0) is 18.9. The van der Waals surface area contributed by atoms with E-state index in [1.165, 1.54) is 26.2 Å². The van der Waals surface area contributed by atoms with Crippen molar-refractivity contribution in [3.8, 4) is 5.75 Å². The molecule has 1 aliphatic heterocycles. The molecule has 6 heteroatoms. The molecule has 1 aromatic carbocycles. The van der Waals surface area contributed by atoms with E-state index in [0.29, 0.717) is 5.92 Å². The minimum atomic E-state index is 0.579. The summed E-state index contributed by atoms with van der Waals surface area (Å²) >= 11 is 0. The van der Waals surface area contributed by atoms with Gasteiger partial charge < -0.3 is 24.8 Å². The Morgan fingerprint density at radius 3 is 2.62 bits per heavy atom. The van der Waals surface area contributed by atoms with Crippen LogP contribution in [0.5, 0.6) is 5.75 Å². The number of rotatable bonds is 7. The van der Waals surface area contributed by atoms with E-state index in [9.17, 15) is 0 Å². The lowest BCUT2D eigenvalue weighted by Gasteiger charge is -2.34. The van der Waals surface area contributed by atoms with Gasteiger partial charge in [-0.15, -0.1) is 0 Å². The molecule has 1 atom stereocenters. The van der Waals surface area contributed by atoms with Crippen LogP contribution in [0, 0.1) is 5.92 Å². The maximum atomic E-state index is 5.45. The zero-order valence-electron chi connectivity index (χ0n) is 17.0. The molecule has 1 fully saturated rings. The highest BCUT2D eigenvalue weighted by atomic mass is 16.5. The number of guanidine groups is 1. The van der Waals surface area contributed by atoms with Crippen molar-refractivity contribution < 1.29 is 4.74 Å². The third-order valence-electron chi connectivity index (χ3n) is 4.95. The maximum Gasteiger partial charge on any atom is 0.193 e. The van der Waals surface area contributed by atoms with Gasteiger partial charge >= 0.3 is 0 Å². The van der Waals surface area contributed by atoms with Crippen LogP contribution in [0.25, 0.3) is 0 Å². The second kappa shape index (κ2) is 10.4. The highest BCUT2D eigenvalue weighted by molar-refractivity contribution is 5.79. The van der Waals surface area contributed by atoms with Crippen molar-refractivity contribution in [2.24, 2.45) is 10.9 Å². The molecular formula is C20H35N5O. The smallest absolute Gasteiger partial charge is 0.193 e. The summed E-state index contributed by atoms with van der Waals surface area (Å²) in [6, 6.07) is 8.13. The number of nitrogens with zero attached hydrogens (tertiary/aromatic N) is 4. The molecule has 1 aliphatic rings. The number of aliphatic imine (C=N–C) groups is 1. The van der Waals surface area contributed by atoms with E-state index in [2.05, 4.69) is 52.1 Å². The monoisotopic (exact) mass is 361 g/mol. The zero-order valence-corrected chi connectivity index (χ0v) is 17.0. The Morgan fingerprint density at radius 1 is 1.27 bits per heavy atom. The fraction of sp³-hybridized carbons (Fsp3) is 0.650. The lowest BCUT2D eigenvalue weighted by Crippen LogP contribution is -2.47. The van der Waals surface area contributed by atoms with Crippen LogP contribution in [0.4, 0.5) is 0 Å². The van der Waals surface area contributed by atoms with Crippen molar-refractivity contribution in [3.63, 3.8) is 0 Å². The summed E-state index contributed by atoms with van der Waals surface area (Å²) in [7, 11) is 7.81. The topological polar surface area (TPSA) is 43.3 Å². The molecule has 6 nitrogen and oxygen atoms in total. The van der Waals surface area contributed by atoms with Gasteiger partial charge in [0.2, 0.25) is 0 Å². The molecule has 1 unspecified atom stereocenters. The number of para-hydroxylation sites is 1. The molecule has 2 rings (SSSR count). The largest absolute Gasteiger partial charge is 0.496 e. The van der Waals surface area contributed by atoms with Gasteiger partial charge in [-0.25, -0.2) is 0 Å². The number of ether oxygens (including phenoxy) is 1. The molecule has 0 bridgehead atoms. The second-order valence-corrected chi connectivity index (χ2v) is 7.31. The highest BCUT2D eigenvalue weighted by Gasteiger charge is 2.17. The molecule has 0 amide bonds. The van der Waals surface area contributed by atoms with E-state index in [4.69, 9.17) is 4.74 Å². The van der Waals surface area contributed by atoms with Gasteiger partial charge in [-0.2, -0.15) is 0 Å². The van der Waals surface area contributed by atoms with E-state index in [1.54, 1.807) is 7.11 Å². The third-order valence-corrected chi connectivity index (χ3v) is 4.95. The predicted molar refractivity (Wildman–Crippen MR) is 109 cm³/mol. The number of piperazine rings is 1. The van der Waals surface area contributed by atoms with Crippen LogP contribution in [0.15, 0.2) is 29.3 Å². The quantitative estimate of drug-likeness (QED) is 0.590. The van der Waals surface area contributed by atoms with Gasteiger partial charge in [0.25, 0.3) is 0 Å². The molecule has 0 aromatic heterocycles. The first-order valence-electron chi connectivity index (χ1n) is 9.48. The number of benzene rings is 1. The SMILES string of the molecule is CN=C(NCC(C)CN1CCN(C)CC1)N(C)Cc1ccccc1OC. The number of nitrogens with one attached hydrogen (secondary N) is 1. The van der Waals surface area contributed by atoms with Gasteiger partial charge in [0.15, 0.2) is 5.96 Å². The Bertz CT molecular complexity index is 569. The van der Waals surface area contributed by atoms with Crippen molar-refractivity contribution >= 4 is 5.96 Å². The average molecular weight is 362 g/mol. The molecule has 0 aliphatic carbocycles. The molecule has 1 N–H and O–H groups in total. The van der Waals surface area contributed by atoms with Crippen LogP contribution in [-0.2, 0) is 6.54 Å². The highest BCUT2D eigenvalue weighted by Crippen LogP contribution is 2.18. The fourth-order valence-electron chi connectivity index (χ4n) is 3.35. The first-order valence-corrected chi connectivity index (χ1v) is 9.48. The first-order chi connectivity index (χ1) is 12.5. The Hall–Kier alpha value is -1.79. The summed E-state index contributed by atoms with van der Waals surface area (Å²) in [5.41, 5.74) is 1.16. The fourth-order valence-corrected chi connectivity index (χ4v) is 3.35. The standard InChI is InChI=1S/C20H35N5O/c1-17(15-25-12-10-23(3)11-13-25)14-22-20(21-2)24(4)16-18-8-6-7-9-19(18)26-5/h6-9,17H,10-16H2,1-5H3,(H,21,22). The number of hydrogen-bond donors (Lipinski definition) is 1. The van der Waals surface area contributed by atoms with Crippen LogP contribution in [0.2, 0.25) is 0 Å². The first kappa shape index (κ1) is 20.5. The van der Waals surface area contributed by atoms with Crippen molar-refractivity contribution in [1.29, 1.82) is 0 Å². The van der Waals surface area contributed by atoms with Gasteiger partial charge in [0, 0.05) is 65.5 Å². The lowest BCUT2D eigenvalue weighted by molar-refractivity contribution is 0.139. The summed E-state index contributed by atoms with van der Waals surface area (Å²) < 4.78 is 5.45. The molecule has 1 aromatic rings. The van der Waals surface area contributed by atoms with Crippen LogP contribution >= 0.6 is 0 Å². The van der Waals surface area contributed by atoms with E-state index < -0.39 is 0 Å². The van der Waals surface area contributed by atoms with Gasteiger partial charge in [-0.3, -0.25) is 4.99 Å². The number of likely N-dealkylation sites (N-methyl/N-ethyl adjacent to an activating group) is 1. The Labute approximate surface area is 158 Å². The minimum absolute atomic E-state index is 0.579. The summed E-state index contributed by atoms with van der Waals surface area (Å²) in [5, 5.41) is 3.52. The lowest BCUT2D eigenvalue weighted by atomic mass is 10.1. The van der Waals surface area contributed by atoms with Crippen LogP contribution in [-0.4, -0.2) is 88.2 Å². The molecular weight excluding hydrogens is 326 g/mol. The molecule has 1 saturated heterocycles. The van der Waals surface area contributed by atoms with Gasteiger partial charge in [0.05, 0.1) is 7.11 Å². The normalized spacial score (nSPS) is 17.8. The van der Waals surface area contributed by atoms with E-state index in [1.807, 2.05) is 25.2 Å². The molecule has 0 radical (unpaired) electrons. The summed E-state index contributed by atoms with van der Waals surface area (Å²) in [4.78, 5) is 11.5. The third kappa shape index (κ3) is 6.18. The summed E-state index contributed by atoms with van der Waals surface area (Å²) in [6.07, 6.45) is 0. The average Bonchev–Trinajstić information content (AvgIpc) is 2.64. The minimum Gasteiger partial charge on any atom is -0.496 e. The number of hydrogen-bond acceptors (Lipinski definition) is 4. The van der Waals surface area contributed by atoms with Crippen molar-refractivity contribution in [2.45, 2.75) is 13.5 Å². The molecule has 146 valence electrons. The van der Waals surface area contributed by atoms with Crippen LogP contribution in [0.3, 0.4) is 0 Å². The van der Waals surface area contributed by atoms with E-state index in [-0.39, 0.29) is 0 Å². The molecule has 1 heterocycles. The van der Waals surface area contributed by atoms with Gasteiger partial charge in [-0.1, -0.05) is 25.1 Å². The van der Waals surface area contributed by atoms with Crippen LogP contribution < -0.4 is 10.1 Å². The Kier molecular flexibility index (Phi) is 8.19. The van der Waals surface area contributed by atoms with Gasteiger partial charge in [0.1, 0.15) is 5.75 Å². The van der Waals surface area contributed by atoms with Crippen molar-refractivity contribution in [2.75, 3.05) is 67.5 Å². The van der Waals surface area contributed by atoms with Gasteiger partial charge in [-0.05, 0) is 19.0 Å². The summed E-state index contributed by atoms with van der Waals surface area (Å²) in [6.45, 7) is 9.80. The van der Waals surface area contributed by atoms with Crippen LogP contribution in [0.1, 0.15) is 12.5 Å². The molecule has 26 heavy (non-hydrogen) atoms.